The van der Waals surface area contributed by atoms with Crippen LogP contribution in [0, 0.1) is 17.1 Å². The Hall–Kier alpha value is -3.21. The molecular formula is C17H17FN6O. The fraction of sp³-hybridized carbons (Fsp3) is 0.294. The molecule has 128 valence electrons. The van der Waals surface area contributed by atoms with Gasteiger partial charge in [-0.15, -0.1) is 0 Å². The van der Waals surface area contributed by atoms with Gasteiger partial charge >= 0.3 is 0 Å². The average molecular weight is 340 g/mol. The highest BCUT2D eigenvalue weighted by molar-refractivity contribution is 5.96. The number of piperidine rings is 1. The molecule has 1 aromatic carbocycles. The van der Waals surface area contributed by atoms with E-state index < -0.39 is 11.7 Å². The van der Waals surface area contributed by atoms with Crippen LogP contribution in [-0.4, -0.2) is 35.0 Å². The summed E-state index contributed by atoms with van der Waals surface area (Å²) in [6.07, 6.45) is 4.41. The number of hydrogen-bond donors (Lipinski definition) is 2. The lowest BCUT2D eigenvalue weighted by Crippen LogP contribution is -2.48. The van der Waals surface area contributed by atoms with Gasteiger partial charge in [0.1, 0.15) is 5.82 Å². The van der Waals surface area contributed by atoms with E-state index in [1.165, 1.54) is 18.5 Å². The van der Waals surface area contributed by atoms with Crippen LogP contribution in [0.25, 0.3) is 0 Å². The van der Waals surface area contributed by atoms with Gasteiger partial charge in [-0.1, -0.05) is 0 Å². The van der Waals surface area contributed by atoms with Crippen LogP contribution in [0.15, 0.2) is 30.6 Å². The van der Waals surface area contributed by atoms with E-state index >= 15 is 0 Å². The number of nitrogen functional groups attached to an aromatic ring is 1. The van der Waals surface area contributed by atoms with Gasteiger partial charge in [-0.05, 0) is 31.0 Å². The van der Waals surface area contributed by atoms with Gasteiger partial charge in [0.05, 0.1) is 17.3 Å². The summed E-state index contributed by atoms with van der Waals surface area (Å²) >= 11 is 0. The van der Waals surface area contributed by atoms with Gasteiger partial charge in [0, 0.05) is 31.5 Å². The van der Waals surface area contributed by atoms with Crippen LogP contribution in [0.5, 0.6) is 0 Å². The Labute approximate surface area is 144 Å². The van der Waals surface area contributed by atoms with Crippen LogP contribution in [0.4, 0.5) is 15.9 Å². The molecule has 0 aliphatic carbocycles. The molecule has 8 heteroatoms. The molecule has 0 bridgehead atoms. The molecule has 1 aliphatic heterocycles. The summed E-state index contributed by atoms with van der Waals surface area (Å²) in [5, 5.41) is 11.7. The van der Waals surface area contributed by atoms with Crippen molar-refractivity contribution in [1.29, 1.82) is 5.26 Å². The maximum atomic E-state index is 14.2. The smallest absolute Gasteiger partial charge is 0.273 e. The first-order valence-electron chi connectivity index (χ1n) is 7.90. The number of amides is 1. The van der Waals surface area contributed by atoms with Gasteiger partial charge in [0.15, 0.2) is 11.5 Å². The minimum absolute atomic E-state index is 0.0748. The number of benzene rings is 1. The Morgan fingerprint density at radius 2 is 2.20 bits per heavy atom. The molecular weight excluding hydrogens is 323 g/mol. The number of aromatic nitrogens is 2. The number of nitriles is 1. The molecule has 1 unspecified atom stereocenters. The highest BCUT2D eigenvalue weighted by atomic mass is 19.1. The summed E-state index contributed by atoms with van der Waals surface area (Å²) in [5.41, 5.74) is 6.47. The largest absolute Gasteiger partial charge is 0.382 e. The fourth-order valence-electron chi connectivity index (χ4n) is 2.92. The molecule has 1 aliphatic rings. The van der Waals surface area contributed by atoms with Gasteiger partial charge in [0.25, 0.3) is 5.91 Å². The Morgan fingerprint density at radius 3 is 2.92 bits per heavy atom. The first kappa shape index (κ1) is 16.6. The third kappa shape index (κ3) is 3.66. The number of rotatable bonds is 3. The average Bonchev–Trinajstić information content (AvgIpc) is 2.62. The number of nitrogens with one attached hydrogen (secondary N) is 1. The van der Waals surface area contributed by atoms with Crippen molar-refractivity contribution in [2.24, 2.45) is 0 Å². The van der Waals surface area contributed by atoms with Crippen LogP contribution in [0.2, 0.25) is 0 Å². The molecule has 1 atom stereocenters. The standard InChI is InChI=1S/C17H17FN6O/c18-13-8-11(9-19)3-4-14(13)24-7-1-2-12(10-24)23-17(25)15-16(20)22-6-5-21-15/h3-6,8,12H,1-2,7,10H2,(H2,20,22)(H,23,25). The molecule has 3 N–H and O–H groups in total. The van der Waals surface area contributed by atoms with E-state index in [4.69, 9.17) is 11.0 Å². The summed E-state index contributed by atoms with van der Waals surface area (Å²) in [4.78, 5) is 22.0. The zero-order valence-electron chi connectivity index (χ0n) is 13.4. The molecule has 25 heavy (non-hydrogen) atoms. The summed E-state index contributed by atoms with van der Waals surface area (Å²) < 4.78 is 14.2. The van der Waals surface area contributed by atoms with Gasteiger partial charge < -0.3 is 16.0 Å². The molecule has 1 saturated heterocycles. The molecule has 2 aromatic rings. The van der Waals surface area contributed by atoms with Crippen LogP contribution in [0.1, 0.15) is 28.9 Å². The molecule has 0 saturated carbocycles. The zero-order valence-corrected chi connectivity index (χ0v) is 13.4. The van der Waals surface area contributed by atoms with E-state index in [-0.39, 0.29) is 23.1 Å². The maximum absolute atomic E-state index is 14.2. The van der Waals surface area contributed by atoms with Gasteiger partial charge in [-0.25, -0.2) is 14.4 Å². The van der Waals surface area contributed by atoms with E-state index in [9.17, 15) is 9.18 Å². The second kappa shape index (κ2) is 7.13. The van der Waals surface area contributed by atoms with Crippen molar-refractivity contribution >= 4 is 17.4 Å². The van der Waals surface area contributed by atoms with Crippen molar-refractivity contribution in [1.82, 2.24) is 15.3 Å². The predicted octanol–water partition coefficient (Wildman–Crippen LogP) is 1.47. The van der Waals surface area contributed by atoms with Crippen molar-refractivity contribution in [3.05, 3.63) is 47.7 Å². The first-order valence-corrected chi connectivity index (χ1v) is 7.90. The number of nitrogens with two attached hydrogens (primary N) is 1. The molecule has 1 amide bonds. The lowest BCUT2D eigenvalue weighted by molar-refractivity contribution is 0.0929. The Kier molecular flexibility index (Phi) is 4.75. The second-order valence-electron chi connectivity index (χ2n) is 5.83. The number of halogens is 1. The Morgan fingerprint density at radius 1 is 1.40 bits per heavy atom. The summed E-state index contributed by atoms with van der Waals surface area (Å²) in [6.45, 7) is 1.15. The van der Waals surface area contributed by atoms with Gasteiger partial charge in [-0.2, -0.15) is 5.26 Å². The van der Waals surface area contributed by atoms with Crippen LogP contribution in [0.3, 0.4) is 0 Å². The summed E-state index contributed by atoms with van der Waals surface area (Å²) in [6, 6.07) is 6.16. The lowest BCUT2D eigenvalue weighted by Gasteiger charge is -2.34. The minimum atomic E-state index is -0.441. The predicted molar refractivity (Wildman–Crippen MR) is 90.3 cm³/mol. The van der Waals surface area contributed by atoms with Crippen LogP contribution < -0.4 is 16.0 Å². The van der Waals surface area contributed by atoms with Crippen molar-refractivity contribution in [3.63, 3.8) is 0 Å². The summed E-state index contributed by atoms with van der Waals surface area (Å²) in [5.74, 6) is -0.757. The Balaban J connectivity index is 1.70. The monoisotopic (exact) mass is 340 g/mol. The Bertz CT molecular complexity index is 834. The lowest BCUT2D eigenvalue weighted by atomic mass is 10.0. The fourth-order valence-corrected chi connectivity index (χ4v) is 2.92. The molecule has 1 fully saturated rings. The number of carbonyl (C=O) groups is 1. The molecule has 0 spiro atoms. The van der Waals surface area contributed by atoms with Crippen molar-refractivity contribution in [2.45, 2.75) is 18.9 Å². The molecule has 0 radical (unpaired) electrons. The molecule has 2 heterocycles. The van der Waals surface area contributed by atoms with Crippen molar-refractivity contribution in [3.8, 4) is 6.07 Å². The third-order valence-corrected chi connectivity index (χ3v) is 4.12. The van der Waals surface area contributed by atoms with Crippen molar-refractivity contribution < 1.29 is 9.18 Å². The highest BCUT2D eigenvalue weighted by Crippen LogP contribution is 2.24. The quantitative estimate of drug-likeness (QED) is 0.876. The molecule has 7 nitrogen and oxygen atoms in total. The first-order chi connectivity index (χ1) is 12.1. The highest BCUT2D eigenvalue weighted by Gasteiger charge is 2.25. The van der Waals surface area contributed by atoms with Crippen molar-refractivity contribution in [2.75, 3.05) is 23.7 Å². The van der Waals surface area contributed by atoms with Crippen LogP contribution >= 0.6 is 0 Å². The van der Waals surface area contributed by atoms with Gasteiger partial charge in [-0.3, -0.25) is 4.79 Å². The number of nitrogens with zero attached hydrogens (tertiary/aromatic N) is 4. The summed E-state index contributed by atoms with van der Waals surface area (Å²) in [7, 11) is 0. The van der Waals surface area contributed by atoms with Gasteiger partial charge in [0.2, 0.25) is 0 Å². The maximum Gasteiger partial charge on any atom is 0.273 e. The minimum Gasteiger partial charge on any atom is -0.382 e. The van der Waals surface area contributed by atoms with E-state index in [2.05, 4.69) is 15.3 Å². The second-order valence-corrected chi connectivity index (χ2v) is 5.83. The topological polar surface area (TPSA) is 108 Å². The SMILES string of the molecule is N#Cc1ccc(N2CCCC(NC(=O)c3nccnc3N)C2)c(F)c1. The van der Waals surface area contributed by atoms with E-state index in [1.807, 2.05) is 11.0 Å². The van der Waals surface area contributed by atoms with E-state index in [1.54, 1.807) is 12.1 Å². The van der Waals surface area contributed by atoms with Crippen LogP contribution in [-0.2, 0) is 0 Å². The third-order valence-electron chi connectivity index (χ3n) is 4.12. The zero-order chi connectivity index (χ0) is 17.8. The van der Waals surface area contributed by atoms with E-state index in [0.29, 0.717) is 18.8 Å². The molecule has 3 rings (SSSR count). The number of anilines is 2. The molecule has 1 aromatic heterocycles. The normalized spacial score (nSPS) is 17.0. The van der Waals surface area contributed by atoms with E-state index in [0.717, 1.165) is 12.8 Å². The number of carbonyl (C=O) groups excluding carboxylic acids is 1. The number of hydrogen-bond acceptors (Lipinski definition) is 6.